The van der Waals surface area contributed by atoms with Crippen LogP contribution in [0.25, 0.3) is 0 Å². The maximum atomic E-state index is 11.3. The number of methoxy groups -OCH3 is 1. The standard InChI is InChI=1S/C19H29NO2Si/c1-14(2)23(15(3)4,16(5)6)11-10-18-9-8-17(13-20-18)12-19(21)22-7/h8-9,13-16H,12H2,1-7H3. The van der Waals surface area contributed by atoms with Crippen LogP contribution in [0.15, 0.2) is 18.3 Å². The van der Waals surface area contributed by atoms with E-state index in [-0.39, 0.29) is 12.4 Å². The minimum Gasteiger partial charge on any atom is -0.469 e. The average Bonchev–Trinajstić information content (AvgIpc) is 2.48. The van der Waals surface area contributed by atoms with Gasteiger partial charge in [0.15, 0.2) is 0 Å². The Labute approximate surface area is 141 Å². The molecule has 0 bridgehead atoms. The van der Waals surface area contributed by atoms with E-state index >= 15 is 0 Å². The Morgan fingerprint density at radius 1 is 1.13 bits per heavy atom. The second-order valence-electron chi connectivity index (χ2n) is 6.95. The second kappa shape index (κ2) is 8.31. The van der Waals surface area contributed by atoms with E-state index in [2.05, 4.69) is 62.7 Å². The fourth-order valence-electron chi connectivity index (χ4n) is 3.45. The van der Waals surface area contributed by atoms with Gasteiger partial charge in [0.05, 0.1) is 13.5 Å². The monoisotopic (exact) mass is 331 g/mol. The molecule has 0 radical (unpaired) electrons. The number of pyridine rings is 1. The Bertz CT molecular complexity index is 558. The molecule has 23 heavy (non-hydrogen) atoms. The fraction of sp³-hybridized carbons (Fsp3) is 0.579. The van der Waals surface area contributed by atoms with Crippen LogP contribution in [-0.4, -0.2) is 26.1 Å². The number of hydrogen-bond acceptors (Lipinski definition) is 3. The molecule has 0 spiro atoms. The molecular formula is C19H29NO2Si. The minimum absolute atomic E-state index is 0.250. The molecule has 126 valence electrons. The highest BCUT2D eigenvalue weighted by Crippen LogP contribution is 2.40. The topological polar surface area (TPSA) is 39.2 Å². The van der Waals surface area contributed by atoms with Crippen molar-refractivity contribution in [3.63, 3.8) is 0 Å². The molecule has 0 aliphatic rings. The molecule has 0 N–H and O–H groups in total. The van der Waals surface area contributed by atoms with Crippen molar-refractivity contribution < 1.29 is 9.53 Å². The number of hydrogen-bond donors (Lipinski definition) is 0. The summed E-state index contributed by atoms with van der Waals surface area (Å²) in [5.74, 6) is 3.06. The van der Waals surface area contributed by atoms with Crippen molar-refractivity contribution in [1.82, 2.24) is 4.98 Å². The summed E-state index contributed by atoms with van der Waals surface area (Å²) >= 11 is 0. The molecule has 4 heteroatoms. The van der Waals surface area contributed by atoms with Crippen LogP contribution >= 0.6 is 0 Å². The molecule has 1 aromatic heterocycles. The van der Waals surface area contributed by atoms with Crippen LogP contribution in [0.2, 0.25) is 16.6 Å². The van der Waals surface area contributed by atoms with E-state index in [0.717, 1.165) is 11.3 Å². The van der Waals surface area contributed by atoms with E-state index in [1.54, 1.807) is 6.20 Å². The van der Waals surface area contributed by atoms with Crippen LogP contribution in [0.3, 0.4) is 0 Å². The van der Waals surface area contributed by atoms with Crippen LogP contribution in [0, 0.1) is 11.5 Å². The van der Waals surface area contributed by atoms with Gasteiger partial charge in [0.1, 0.15) is 13.8 Å². The normalized spacial score (nSPS) is 11.6. The first-order valence-electron chi connectivity index (χ1n) is 8.28. The lowest BCUT2D eigenvalue weighted by Gasteiger charge is -2.38. The van der Waals surface area contributed by atoms with E-state index < -0.39 is 8.07 Å². The first kappa shape index (κ1) is 19.4. The maximum Gasteiger partial charge on any atom is 0.310 e. The van der Waals surface area contributed by atoms with Gasteiger partial charge < -0.3 is 4.74 Å². The molecule has 0 aromatic carbocycles. The first-order valence-corrected chi connectivity index (χ1v) is 10.5. The lowest BCUT2D eigenvalue weighted by Crippen LogP contribution is -2.43. The largest absolute Gasteiger partial charge is 0.469 e. The van der Waals surface area contributed by atoms with Crippen LogP contribution in [0.4, 0.5) is 0 Å². The third-order valence-electron chi connectivity index (χ3n) is 4.67. The number of aromatic nitrogens is 1. The predicted molar refractivity (Wildman–Crippen MR) is 97.9 cm³/mol. The SMILES string of the molecule is COC(=O)Cc1ccc(C#C[Si](C(C)C)(C(C)C)C(C)C)nc1. The molecule has 0 amide bonds. The van der Waals surface area contributed by atoms with Crippen LogP contribution in [0.5, 0.6) is 0 Å². The molecule has 0 unspecified atom stereocenters. The zero-order valence-corrected chi connectivity index (χ0v) is 16.4. The predicted octanol–water partition coefficient (Wildman–Crippen LogP) is 4.37. The highest BCUT2D eigenvalue weighted by atomic mass is 28.3. The molecule has 1 rings (SSSR count). The van der Waals surface area contributed by atoms with Crippen molar-refractivity contribution in [3.8, 4) is 11.5 Å². The van der Waals surface area contributed by atoms with Gasteiger partial charge in [0.2, 0.25) is 0 Å². The molecule has 0 saturated heterocycles. The van der Waals surface area contributed by atoms with Gasteiger partial charge >= 0.3 is 5.97 Å². The fourth-order valence-corrected chi connectivity index (χ4v) is 8.66. The van der Waals surface area contributed by atoms with Crippen molar-refractivity contribution >= 4 is 14.0 Å². The van der Waals surface area contributed by atoms with E-state index in [1.807, 2.05) is 12.1 Å². The number of carbonyl (C=O) groups excluding carboxylic acids is 1. The van der Waals surface area contributed by atoms with Crippen LogP contribution in [0.1, 0.15) is 52.8 Å². The summed E-state index contributed by atoms with van der Waals surface area (Å²) < 4.78 is 4.67. The van der Waals surface area contributed by atoms with Gasteiger partial charge in [-0.15, -0.1) is 5.54 Å². The van der Waals surface area contributed by atoms with Crippen molar-refractivity contribution in [2.24, 2.45) is 0 Å². The number of ether oxygens (including phenoxy) is 1. The van der Waals surface area contributed by atoms with Gasteiger partial charge in [-0.2, -0.15) is 0 Å². The highest BCUT2D eigenvalue weighted by molar-refractivity contribution is 6.90. The molecule has 0 aliphatic heterocycles. The molecule has 1 aromatic rings. The second-order valence-corrected chi connectivity index (χ2v) is 12.5. The molecule has 0 fully saturated rings. The maximum absolute atomic E-state index is 11.3. The molecule has 3 nitrogen and oxygen atoms in total. The number of nitrogens with zero attached hydrogens (tertiary/aromatic N) is 1. The Morgan fingerprint density at radius 3 is 2.09 bits per heavy atom. The van der Waals surface area contributed by atoms with Gasteiger partial charge in [-0.3, -0.25) is 4.79 Å². The Hall–Kier alpha value is -1.60. The first-order chi connectivity index (χ1) is 10.7. The van der Waals surface area contributed by atoms with Crippen molar-refractivity contribution in [3.05, 3.63) is 29.6 Å². The summed E-state index contributed by atoms with van der Waals surface area (Å²) in [5.41, 5.74) is 7.09. The van der Waals surface area contributed by atoms with E-state index in [1.165, 1.54) is 7.11 Å². The highest BCUT2D eigenvalue weighted by Gasteiger charge is 2.41. The van der Waals surface area contributed by atoms with Crippen LogP contribution in [-0.2, 0) is 16.0 Å². The van der Waals surface area contributed by atoms with Gasteiger partial charge in [-0.25, -0.2) is 4.98 Å². The van der Waals surface area contributed by atoms with Gasteiger partial charge in [0, 0.05) is 6.20 Å². The van der Waals surface area contributed by atoms with E-state index in [4.69, 9.17) is 0 Å². The lowest BCUT2D eigenvalue weighted by atomic mass is 10.2. The summed E-state index contributed by atoms with van der Waals surface area (Å²) in [4.78, 5) is 15.7. The number of esters is 1. The van der Waals surface area contributed by atoms with Gasteiger partial charge in [0.25, 0.3) is 0 Å². The Kier molecular flexibility index (Phi) is 7.02. The van der Waals surface area contributed by atoms with Crippen molar-refractivity contribution in [2.75, 3.05) is 7.11 Å². The zero-order chi connectivity index (χ0) is 17.6. The van der Waals surface area contributed by atoms with E-state index in [9.17, 15) is 4.79 Å². The van der Waals surface area contributed by atoms with E-state index in [0.29, 0.717) is 16.6 Å². The zero-order valence-electron chi connectivity index (χ0n) is 15.4. The average molecular weight is 332 g/mol. The summed E-state index contributed by atoms with van der Waals surface area (Å²) in [6.07, 6.45) is 1.96. The Balaban J connectivity index is 3.06. The quantitative estimate of drug-likeness (QED) is 0.457. The number of rotatable bonds is 5. The van der Waals surface area contributed by atoms with Gasteiger partial charge in [-0.1, -0.05) is 53.5 Å². The summed E-state index contributed by atoms with van der Waals surface area (Å²) in [6.45, 7) is 13.8. The molecule has 0 atom stereocenters. The molecule has 0 aliphatic carbocycles. The van der Waals surface area contributed by atoms with Crippen LogP contribution < -0.4 is 0 Å². The summed E-state index contributed by atoms with van der Waals surface area (Å²) in [7, 11) is -0.339. The summed E-state index contributed by atoms with van der Waals surface area (Å²) in [5, 5.41) is 0. The number of carbonyl (C=O) groups is 1. The molecule has 1 heterocycles. The molecular weight excluding hydrogens is 302 g/mol. The summed E-state index contributed by atoms with van der Waals surface area (Å²) in [6, 6.07) is 3.79. The van der Waals surface area contributed by atoms with Crippen molar-refractivity contribution in [2.45, 2.75) is 64.6 Å². The van der Waals surface area contributed by atoms with Gasteiger partial charge in [-0.05, 0) is 28.3 Å². The third kappa shape index (κ3) is 4.68. The molecule has 0 saturated carbocycles. The smallest absolute Gasteiger partial charge is 0.310 e. The minimum atomic E-state index is -1.73. The Morgan fingerprint density at radius 2 is 1.70 bits per heavy atom. The third-order valence-corrected chi connectivity index (χ3v) is 11.0. The lowest BCUT2D eigenvalue weighted by molar-refractivity contribution is -0.139. The van der Waals surface area contributed by atoms with Crippen molar-refractivity contribution in [1.29, 1.82) is 0 Å².